The third kappa shape index (κ3) is 4.02. The Morgan fingerprint density at radius 2 is 2.13 bits per heavy atom. The molecule has 0 radical (unpaired) electrons. The van der Waals surface area contributed by atoms with Crippen molar-refractivity contribution >= 4 is 0 Å². The maximum Gasteiger partial charge on any atom is 0.0279 e. The van der Waals surface area contributed by atoms with Gasteiger partial charge in [0.2, 0.25) is 0 Å². The molecule has 2 heteroatoms. The molecule has 0 aromatic heterocycles. The number of likely N-dealkylation sites (N-methyl/N-ethyl adjacent to an activating group) is 1. The molecule has 0 saturated heterocycles. The molecule has 15 heavy (non-hydrogen) atoms. The maximum absolute atomic E-state index is 3.76. The van der Waals surface area contributed by atoms with Crippen LogP contribution in [-0.2, 0) is 0 Å². The molecule has 0 aliphatic heterocycles. The van der Waals surface area contributed by atoms with E-state index in [1.807, 2.05) is 12.2 Å². The highest BCUT2D eigenvalue weighted by Crippen LogP contribution is 2.15. The second kappa shape index (κ2) is 6.59. The van der Waals surface area contributed by atoms with Gasteiger partial charge in [0.1, 0.15) is 0 Å². The summed E-state index contributed by atoms with van der Waals surface area (Å²) in [5, 5.41) is 3.42. The van der Waals surface area contributed by atoms with Gasteiger partial charge in [-0.1, -0.05) is 24.3 Å². The van der Waals surface area contributed by atoms with Crippen LogP contribution < -0.4 is 5.32 Å². The predicted molar refractivity (Wildman–Crippen MR) is 67.0 cm³/mol. The summed E-state index contributed by atoms with van der Waals surface area (Å²) in [7, 11) is 2.15. The first-order valence-electron chi connectivity index (χ1n) is 5.61. The monoisotopic (exact) mass is 206 g/mol. The topological polar surface area (TPSA) is 15.3 Å². The average molecular weight is 206 g/mol. The number of hydrogen-bond donors (Lipinski definition) is 1. The molecule has 2 nitrogen and oxygen atoms in total. The molecular weight excluding hydrogens is 184 g/mol. The van der Waals surface area contributed by atoms with E-state index in [1.165, 1.54) is 12.8 Å². The number of nitrogens with zero attached hydrogens (tertiary/aromatic N) is 1. The van der Waals surface area contributed by atoms with E-state index in [2.05, 4.69) is 42.6 Å². The molecule has 0 fully saturated rings. The molecule has 84 valence electrons. The van der Waals surface area contributed by atoms with Crippen LogP contribution >= 0.6 is 0 Å². The summed E-state index contributed by atoms with van der Waals surface area (Å²) >= 11 is 0. The molecule has 1 N–H and O–H groups in total. The Morgan fingerprint density at radius 3 is 2.67 bits per heavy atom. The number of nitrogens with one attached hydrogen (secondary N) is 1. The molecule has 2 atom stereocenters. The van der Waals surface area contributed by atoms with Crippen LogP contribution in [0.5, 0.6) is 0 Å². The fourth-order valence-electron chi connectivity index (χ4n) is 1.92. The highest BCUT2D eigenvalue weighted by atomic mass is 15.1. The fraction of sp³-hybridized carbons (Fsp3) is 0.538. The lowest BCUT2D eigenvalue weighted by atomic mass is 9.97. The fourth-order valence-corrected chi connectivity index (χ4v) is 1.92. The summed E-state index contributed by atoms with van der Waals surface area (Å²) in [4.78, 5) is 2.33. The first kappa shape index (κ1) is 12.2. The van der Waals surface area contributed by atoms with E-state index < -0.39 is 0 Å². The van der Waals surface area contributed by atoms with Gasteiger partial charge >= 0.3 is 0 Å². The van der Waals surface area contributed by atoms with Crippen LogP contribution in [0.2, 0.25) is 0 Å². The second-order valence-corrected chi connectivity index (χ2v) is 4.06. The zero-order chi connectivity index (χ0) is 11.1. The van der Waals surface area contributed by atoms with Crippen molar-refractivity contribution in [3.8, 4) is 0 Å². The minimum Gasteiger partial charge on any atom is -0.307 e. The van der Waals surface area contributed by atoms with Gasteiger partial charge in [-0.05, 0) is 19.9 Å². The second-order valence-electron chi connectivity index (χ2n) is 4.06. The van der Waals surface area contributed by atoms with Crippen LogP contribution in [0.25, 0.3) is 0 Å². The van der Waals surface area contributed by atoms with E-state index in [0.717, 1.165) is 13.1 Å². The largest absolute Gasteiger partial charge is 0.307 e. The summed E-state index contributed by atoms with van der Waals surface area (Å²) in [6.07, 6.45) is 10.9. The van der Waals surface area contributed by atoms with Gasteiger partial charge in [-0.25, -0.2) is 0 Å². The van der Waals surface area contributed by atoms with Gasteiger partial charge < -0.3 is 5.32 Å². The Kier molecular flexibility index (Phi) is 5.37. The van der Waals surface area contributed by atoms with Crippen molar-refractivity contribution in [2.24, 2.45) is 0 Å². The number of rotatable bonds is 6. The van der Waals surface area contributed by atoms with Crippen molar-refractivity contribution in [3.05, 3.63) is 37.5 Å². The van der Waals surface area contributed by atoms with Crippen LogP contribution in [0.1, 0.15) is 12.8 Å². The van der Waals surface area contributed by atoms with E-state index >= 15 is 0 Å². The zero-order valence-electron chi connectivity index (χ0n) is 9.65. The molecule has 0 aromatic rings. The minimum absolute atomic E-state index is 0.524. The quantitative estimate of drug-likeness (QED) is 0.668. The zero-order valence-corrected chi connectivity index (χ0v) is 9.65. The van der Waals surface area contributed by atoms with Crippen LogP contribution in [0.4, 0.5) is 0 Å². The highest BCUT2D eigenvalue weighted by Gasteiger charge is 2.17. The van der Waals surface area contributed by atoms with Gasteiger partial charge in [0, 0.05) is 25.2 Å². The first-order valence-corrected chi connectivity index (χ1v) is 5.61. The van der Waals surface area contributed by atoms with Crippen molar-refractivity contribution in [2.45, 2.75) is 24.9 Å². The summed E-state index contributed by atoms with van der Waals surface area (Å²) in [5.41, 5.74) is 0. The van der Waals surface area contributed by atoms with Gasteiger partial charge in [-0.2, -0.15) is 0 Å². The molecule has 0 amide bonds. The van der Waals surface area contributed by atoms with E-state index in [4.69, 9.17) is 0 Å². The van der Waals surface area contributed by atoms with Crippen LogP contribution in [0, 0.1) is 0 Å². The Labute approximate surface area is 93.4 Å². The molecule has 1 aliphatic rings. The Balaban J connectivity index is 2.36. The lowest BCUT2D eigenvalue weighted by Crippen LogP contribution is -2.37. The average Bonchev–Trinajstić information content (AvgIpc) is 2.27. The van der Waals surface area contributed by atoms with E-state index in [1.54, 1.807) is 0 Å². The summed E-state index contributed by atoms with van der Waals surface area (Å²) < 4.78 is 0. The molecule has 1 aliphatic carbocycles. The van der Waals surface area contributed by atoms with Crippen LogP contribution in [-0.4, -0.2) is 37.1 Å². The molecule has 0 aromatic carbocycles. The van der Waals surface area contributed by atoms with Crippen molar-refractivity contribution < 1.29 is 0 Å². The van der Waals surface area contributed by atoms with Gasteiger partial charge in [0.25, 0.3) is 0 Å². The molecular formula is C13H22N2. The molecule has 2 unspecified atom stereocenters. The van der Waals surface area contributed by atoms with Crippen molar-refractivity contribution in [3.63, 3.8) is 0 Å². The van der Waals surface area contributed by atoms with E-state index in [-0.39, 0.29) is 0 Å². The lowest BCUT2D eigenvalue weighted by molar-refractivity contribution is 0.279. The van der Waals surface area contributed by atoms with E-state index in [0.29, 0.717) is 12.1 Å². The third-order valence-electron chi connectivity index (χ3n) is 2.85. The van der Waals surface area contributed by atoms with Crippen molar-refractivity contribution in [1.29, 1.82) is 0 Å². The Morgan fingerprint density at radius 1 is 1.33 bits per heavy atom. The SMILES string of the molecule is C=CCNC1C=CC(N(C)CC=C)CC1. The summed E-state index contributed by atoms with van der Waals surface area (Å²) in [6, 6.07) is 1.10. The maximum atomic E-state index is 3.76. The smallest absolute Gasteiger partial charge is 0.0279 e. The molecule has 0 heterocycles. The van der Waals surface area contributed by atoms with Crippen molar-refractivity contribution in [1.82, 2.24) is 10.2 Å². The summed E-state index contributed by atoms with van der Waals surface area (Å²) in [5.74, 6) is 0. The van der Waals surface area contributed by atoms with Gasteiger partial charge in [0.15, 0.2) is 0 Å². The molecule has 0 spiro atoms. The first-order chi connectivity index (χ1) is 7.27. The highest BCUT2D eigenvalue weighted by molar-refractivity contribution is 5.06. The number of hydrogen-bond acceptors (Lipinski definition) is 2. The van der Waals surface area contributed by atoms with E-state index in [9.17, 15) is 0 Å². The standard InChI is InChI=1S/C13H22N2/c1-4-10-14-12-6-8-13(9-7-12)15(3)11-5-2/h4-6,8,12-14H,1-2,7,9-11H2,3H3. The van der Waals surface area contributed by atoms with Gasteiger partial charge in [0.05, 0.1) is 0 Å². The van der Waals surface area contributed by atoms with Crippen LogP contribution in [0.15, 0.2) is 37.5 Å². The van der Waals surface area contributed by atoms with Crippen LogP contribution in [0.3, 0.4) is 0 Å². The summed E-state index contributed by atoms with van der Waals surface area (Å²) in [6.45, 7) is 9.32. The minimum atomic E-state index is 0.524. The van der Waals surface area contributed by atoms with Crippen molar-refractivity contribution in [2.75, 3.05) is 20.1 Å². The Bertz CT molecular complexity index is 233. The third-order valence-corrected chi connectivity index (χ3v) is 2.85. The van der Waals surface area contributed by atoms with Gasteiger partial charge in [-0.15, -0.1) is 13.2 Å². The molecule has 0 saturated carbocycles. The predicted octanol–water partition coefficient (Wildman–Crippen LogP) is 1.97. The Hall–Kier alpha value is -0.860. The molecule has 1 rings (SSSR count). The lowest BCUT2D eigenvalue weighted by Gasteiger charge is -2.29. The molecule has 0 bridgehead atoms. The van der Waals surface area contributed by atoms with Gasteiger partial charge in [-0.3, -0.25) is 4.90 Å². The normalized spacial score (nSPS) is 25.5.